The fourth-order valence-electron chi connectivity index (χ4n) is 5.91. The van der Waals surface area contributed by atoms with Gasteiger partial charge in [-0.1, -0.05) is 121 Å². The minimum Gasteiger partial charge on any atom is -0.359 e. The van der Waals surface area contributed by atoms with Crippen LogP contribution < -0.4 is 5.73 Å². The summed E-state index contributed by atoms with van der Waals surface area (Å²) in [5, 5.41) is 0. The summed E-state index contributed by atoms with van der Waals surface area (Å²) in [7, 11) is 0. The Morgan fingerprint density at radius 3 is 1.68 bits per heavy atom. The zero-order valence-electron chi connectivity index (χ0n) is 23.5. The SMILES string of the molecule is CC1(C)O[C@H]2[C@@H](O1)[C@@H](OCc1ccccc1)O[C@@H]2[C@H](N)COC(c1ccccc1)(c1ccccc1)c1ccccc1. The zero-order chi connectivity index (χ0) is 28.3. The van der Waals surface area contributed by atoms with Gasteiger partial charge in [0.05, 0.1) is 19.3 Å². The first-order chi connectivity index (χ1) is 20.0. The van der Waals surface area contributed by atoms with Crippen LogP contribution in [0.5, 0.6) is 0 Å². The Bertz CT molecular complexity index is 1290. The number of benzene rings is 4. The van der Waals surface area contributed by atoms with Crippen molar-refractivity contribution in [3.63, 3.8) is 0 Å². The summed E-state index contributed by atoms with van der Waals surface area (Å²) in [6.07, 6.45) is -1.88. The number of nitrogens with two attached hydrogens (primary N) is 1. The monoisotopic (exact) mass is 551 g/mol. The van der Waals surface area contributed by atoms with Gasteiger partial charge < -0.3 is 29.4 Å². The molecule has 0 bridgehead atoms. The molecule has 0 radical (unpaired) electrons. The van der Waals surface area contributed by atoms with Crippen molar-refractivity contribution in [2.24, 2.45) is 5.73 Å². The van der Waals surface area contributed by atoms with Gasteiger partial charge in [0.1, 0.15) is 23.9 Å². The van der Waals surface area contributed by atoms with Gasteiger partial charge in [-0.2, -0.15) is 0 Å². The van der Waals surface area contributed by atoms with E-state index in [1.165, 1.54) is 0 Å². The third-order valence-corrected chi connectivity index (χ3v) is 7.76. The van der Waals surface area contributed by atoms with Crippen molar-refractivity contribution in [3.8, 4) is 0 Å². The molecule has 0 saturated carbocycles. The van der Waals surface area contributed by atoms with Crippen LogP contribution in [0.1, 0.15) is 36.1 Å². The lowest BCUT2D eigenvalue weighted by atomic mass is 9.80. The van der Waals surface area contributed by atoms with E-state index in [9.17, 15) is 0 Å². The maximum absolute atomic E-state index is 6.98. The Balaban J connectivity index is 1.28. The Morgan fingerprint density at radius 2 is 1.17 bits per heavy atom. The van der Waals surface area contributed by atoms with Crippen LogP contribution in [-0.4, -0.2) is 43.0 Å². The highest BCUT2D eigenvalue weighted by Gasteiger charge is 2.57. The molecule has 0 spiro atoms. The molecule has 41 heavy (non-hydrogen) atoms. The van der Waals surface area contributed by atoms with Crippen LogP contribution >= 0.6 is 0 Å². The molecule has 0 aromatic heterocycles. The topological polar surface area (TPSA) is 72.2 Å². The van der Waals surface area contributed by atoms with E-state index in [1.54, 1.807) is 0 Å². The Labute approximate surface area is 242 Å². The summed E-state index contributed by atoms with van der Waals surface area (Å²) in [4.78, 5) is 0. The molecule has 0 amide bonds. The predicted octanol–water partition coefficient (Wildman–Crippen LogP) is 5.78. The summed E-state index contributed by atoms with van der Waals surface area (Å²) in [5.41, 5.74) is 10.1. The van der Waals surface area contributed by atoms with E-state index in [4.69, 9.17) is 29.4 Å². The highest BCUT2D eigenvalue weighted by atomic mass is 16.8. The molecule has 2 aliphatic heterocycles. The van der Waals surface area contributed by atoms with Crippen LogP contribution in [0.4, 0.5) is 0 Å². The van der Waals surface area contributed by atoms with Gasteiger partial charge in [0.25, 0.3) is 0 Å². The lowest BCUT2D eigenvalue weighted by Crippen LogP contribution is -2.48. The van der Waals surface area contributed by atoms with Gasteiger partial charge in [-0.15, -0.1) is 0 Å². The van der Waals surface area contributed by atoms with Crippen molar-refractivity contribution in [2.45, 2.75) is 62.5 Å². The number of rotatable bonds is 10. The van der Waals surface area contributed by atoms with Crippen LogP contribution in [0.2, 0.25) is 0 Å². The van der Waals surface area contributed by atoms with Crippen molar-refractivity contribution in [2.75, 3.05) is 6.61 Å². The summed E-state index contributed by atoms with van der Waals surface area (Å²) in [5.74, 6) is -0.770. The van der Waals surface area contributed by atoms with Crippen LogP contribution in [0.25, 0.3) is 0 Å². The van der Waals surface area contributed by atoms with E-state index in [2.05, 4.69) is 36.4 Å². The number of hydrogen-bond donors (Lipinski definition) is 1. The molecular formula is C35H37NO5. The van der Waals surface area contributed by atoms with Crippen molar-refractivity contribution in [1.82, 2.24) is 0 Å². The van der Waals surface area contributed by atoms with Gasteiger partial charge in [-0.3, -0.25) is 0 Å². The van der Waals surface area contributed by atoms with Gasteiger partial charge in [-0.25, -0.2) is 0 Å². The minimum absolute atomic E-state index is 0.210. The molecule has 0 aliphatic carbocycles. The van der Waals surface area contributed by atoms with E-state index in [0.717, 1.165) is 22.3 Å². The number of ether oxygens (including phenoxy) is 5. The first kappa shape index (κ1) is 27.8. The number of hydrogen-bond acceptors (Lipinski definition) is 6. The third kappa shape index (κ3) is 5.72. The fraction of sp³-hybridized carbons (Fsp3) is 0.314. The van der Waals surface area contributed by atoms with Crippen molar-refractivity contribution < 1.29 is 23.7 Å². The fourth-order valence-corrected chi connectivity index (χ4v) is 5.91. The molecule has 2 heterocycles. The van der Waals surface area contributed by atoms with E-state index in [0.29, 0.717) is 6.61 Å². The predicted molar refractivity (Wildman–Crippen MR) is 157 cm³/mol. The Morgan fingerprint density at radius 1 is 0.707 bits per heavy atom. The molecule has 6 heteroatoms. The molecule has 2 fully saturated rings. The molecule has 212 valence electrons. The Kier molecular flexibility index (Phi) is 8.04. The molecule has 4 aromatic carbocycles. The van der Waals surface area contributed by atoms with Crippen LogP contribution in [0.3, 0.4) is 0 Å². The molecule has 4 aromatic rings. The van der Waals surface area contributed by atoms with E-state index in [1.807, 2.05) is 98.8 Å². The molecular weight excluding hydrogens is 514 g/mol. The van der Waals surface area contributed by atoms with Crippen LogP contribution in [0, 0.1) is 0 Å². The third-order valence-electron chi connectivity index (χ3n) is 7.76. The molecule has 0 unspecified atom stereocenters. The maximum atomic E-state index is 6.98. The smallest absolute Gasteiger partial charge is 0.187 e. The second-order valence-electron chi connectivity index (χ2n) is 11.1. The molecule has 2 aliphatic rings. The van der Waals surface area contributed by atoms with Crippen molar-refractivity contribution in [3.05, 3.63) is 144 Å². The average Bonchev–Trinajstić information content (AvgIpc) is 3.51. The van der Waals surface area contributed by atoms with E-state index < -0.39 is 35.9 Å². The largest absolute Gasteiger partial charge is 0.359 e. The second kappa shape index (κ2) is 11.9. The first-order valence-corrected chi connectivity index (χ1v) is 14.2. The first-order valence-electron chi connectivity index (χ1n) is 14.2. The van der Waals surface area contributed by atoms with Crippen LogP contribution in [0.15, 0.2) is 121 Å². The summed E-state index contributed by atoms with van der Waals surface area (Å²) in [6, 6.07) is 40.3. The van der Waals surface area contributed by atoms with Gasteiger partial charge >= 0.3 is 0 Å². The van der Waals surface area contributed by atoms with Crippen LogP contribution in [-0.2, 0) is 35.9 Å². The van der Waals surface area contributed by atoms with E-state index >= 15 is 0 Å². The normalized spacial score (nSPS) is 24.2. The molecule has 6 nitrogen and oxygen atoms in total. The van der Waals surface area contributed by atoms with Gasteiger partial charge in [0.2, 0.25) is 0 Å². The highest BCUT2D eigenvalue weighted by Crippen LogP contribution is 2.43. The quantitative estimate of drug-likeness (QED) is 0.252. The second-order valence-corrected chi connectivity index (χ2v) is 11.1. The summed E-state index contributed by atoms with van der Waals surface area (Å²) < 4.78 is 32.2. The van der Waals surface area contributed by atoms with Gasteiger partial charge in [0, 0.05) is 0 Å². The summed E-state index contributed by atoms with van der Waals surface area (Å²) in [6.45, 7) is 4.42. The number of fused-ring (bicyclic) bond motifs is 1. The van der Waals surface area contributed by atoms with Crippen molar-refractivity contribution in [1.29, 1.82) is 0 Å². The lowest BCUT2D eigenvalue weighted by molar-refractivity contribution is -0.239. The average molecular weight is 552 g/mol. The summed E-state index contributed by atoms with van der Waals surface area (Å²) >= 11 is 0. The standard InChI is InChI=1S/C35H37NO5/c1-34(2)40-31-30(39-33(32(31)41-34)37-23-25-15-7-3-8-16-25)29(36)24-38-35(26-17-9-4-10-18-26,27-19-11-5-12-20-27)28-21-13-6-14-22-28/h3-22,29-33H,23-24,36H2,1-2H3/t29-,30-,31-,32-,33+/m1/s1. The Hall–Kier alpha value is -3.36. The highest BCUT2D eigenvalue weighted by molar-refractivity contribution is 5.47. The molecule has 6 rings (SSSR count). The molecule has 5 atom stereocenters. The maximum Gasteiger partial charge on any atom is 0.187 e. The molecule has 2 saturated heterocycles. The molecule has 2 N–H and O–H groups in total. The zero-order valence-corrected chi connectivity index (χ0v) is 23.5. The van der Waals surface area contributed by atoms with E-state index in [-0.39, 0.29) is 12.7 Å². The minimum atomic E-state index is -0.880. The van der Waals surface area contributed by atoms with Crippen molar-refractivity contribution >= 4 is 0 Å². The lowest BCUT2D eigenvalue weighted by Gasteiger charge is -2.37. The van der Waals surface area contributed by atoms with Gasteiger partial charge in [0.15, 0.2) is 12.1 Å². The van der Waals surface area contributed by atoms with Gasteiger partial charge in [-0.05, 0) is 36.1 Å².